The molecular formula is C14H32NO3P. The van der Waals surface area contributed by atoms with Crippen molar-refractivity contribution in [3.8, 4) is 0 Å². The Morgan fingerprint density at radius 2 is 1.37 bits per heavy atom. The lowest BCUT2D eigenvalue weighted by atomic mass is 10.0. The molecule has 4 N–H and O–H groups in total. The lowest BCUT2D eigenvalue weighted by Crippen LogP contribution is -2.21. The van der Waals surface area contributed by atoms with Gasteiger partial charge in [-0.3, -0.25) is 4.57 Å². The summed E-state index contributed by atoms with van der Waals surface area (Å²) in [6.07, 6.45) is 12.8. The first-order chi connectivity index (χ1) is 8.95. The van der Waals surface area contributed by atoms with Crippen LogP contribution in [0.25, 0.3) is 0 Å². The van der Waals surface area contributed by atoms with E-state index < -0.39 is 7.60 Å². The predicted molar refractivity (Wildman–Crippen MR) is 81.3 cm³/mol. The Morgan fingerprint density at radius 3 is 1.84 bits per heavy atom. The van der Waals surface area contributed by atoms with Crippen LogP contribution in [0.4, 0.5) is 0 Å². The zero-order chi connectivity index (χ0) is 14.6. The van der Waals surface area contributed by atoms with Crippen molar-refractivity contribution >= 4 is 7.60 Å². The number of rotatable bonds is 13. The monoisotopic (exact) mass is 293 g/mol. The average Bonchev–Trinajstić information content (AvgIpc) is 2.33. The lowest BCUT2D eigenvalue weighted by Gasteiger charge is -2.11. The van der Waals surface area contributed by atoms with Gasteiger partial charge in [-0.25, -0.2) is 0 Å². The first-order valence-corrected chi connectivity index (χ1v) is 9.55. The van der Waals surface area contributed by atoms with Crippen LogP contribution in [0.2, 0.25) is 0 Å². The molecule has 0 radical (unpaired) electrons. The van der Waals surface area contributed by atoms with E-state index in [1.54, 1.807) is 0 Å². The second kappa shape index (κ2) is 11.9. The van der Waals surface area contributed by atoms with Gasteiger partial charge in [-0.1, -0.05) is 64.7 Å². The van der Waals surface area contributed by atoms with Gasteiger partial charge in [0.2, 0.25) is 0 Å². The summed E-state index contributed by atoms with van der Waals surface area (Å²) in [4.78, 5) is 17.5. The smallest absolute Gasteiger partial charge is 0.325 e. The highest BCUT2D eigenvalue weighted by Crippen LogP contribution is 2.35. The van der Waals surface area contributed by atoms with Crippen LogP contribution < -0.4 is 5.73 Å². The predicted octanol–water partition coefficient (Wildman–Crippen LogP) is 3.80. The maximum atomic E-state index is 10.7. The van der Waals surface area contributed by atoms with Crippen LogP contribution in [0.3, 0.4) is 0 Å². The molecule has 0 amide bonds. The van der Waals surface area contributed by atoms with E-state index in [-0.39, 0.29) is 12.2 Å². The van der Waals surface area contributed by atoms with Crippen LogP contribution in [0, 0.1) is 0 Å². The van der Waals surface area contributed by atoms with Crippen molar-refractivity contribution in [1.29, 1.82) is 0 Å². The summed E-state index contributed by atoms with van der Waals surface area (Å²) in [5.41, 5.74) is 5.83. The molecule has 0 bridgehead atoms. The van der Waals surface area contributed by atoms with Gasteiger partial charge >= 0.3 is 7.60 Å². The largest absolute Gasteiger partial charge is 0.328 e. The van der Waals surface area contributed by atoms with Crippen LogP contribution in [0.1, 0.15) is 77.6 Å². The van der Waals surface area contributed by atoms with Gasteiger partial charge in [0.15, 0.2) is 0 Å². The molecule has 4 nitrogen and oxygen atoms in total. The van der Waals surface area contributed by atoms with Gasteiger partial charge in [-0.2, -0.15) is 0 Å². The van der Waals surface area contributed by atoms with Crippen LogP contribution in [0.5, 0.6) is 0 Å². The maximum Gasteiger partial charge on any atom is 0.325 e. The van der Waals surface area contributed by atoms with E-state index in [1.807, 2.05) is 0 Å². The second-order valence-corrected chi connectivity index (χ2v) is 7.33. The first kappa shape index (κ1) is 19.1. The summed E-state index contributed by atoms with van der Waals surface area (Å²) >= 11 is 0. The molecular weight excluding hydrogens is 261 g/mol. The fraction of sp³-hybridized carbons (Fsp3) is 1.00. The first-order valence-electron chi connectivity index (χ1n) is 7.76. The van der Waals surface area contributed by atoms with Gasteiger partial charge in [0.25, 0.3) is 0 Å². The molecule has 0 aromatic heterocycles. The molecule has 0 rings (SSSR count). The summed E-state index contributed by atoms with van der Waals surface area (Å²) in [5.74, 6) is 0. The normalized spacial score (nSPS) is 13.7. The Kier molecular flexibility index (Phi) is 12.0. The minimum atomic E-state index is -3.86. The quantitative estimate of drug-likeness (QED) is 0.356. The summed E-state index contributed by atoms with van der Waals surface area (Å²) < 4.78 is 10.7. The third kappa shape index (κ3) is 16.1. The molecule has 0 heterocycles. The molecule has 0 saturated heterocycles. The zero-order valence-electron chi connectivity index (χ0n) is 12.4. The summed E-state index contributed by atoms with van der Waals surface area (Å²) in [6, 6.07) is -0.0582. The SMILES string of the molecule is CCCCCCCCCCCC(N)CCP(=O)(O)O. The Balaban J connectivity index is 3.23. The van der Waals surface area contributed by atoms with E-state index in [2.05, 4.69) is 6.92 Å². The molecule has 0 aliphatic heterocycles. The van der Waals surface area contributed by atoms with E-state index in [0.717, 1.165) is 12.8 Å². The summed E-state index contributed by atoms with van der Waals surface area (Å²) in [7, 11) is -3.86. The number of hydrogen-bond acceptors (Lipinski definition) is 2. The molecule has 0 aliphatic rings. The Bertz CT molecular complexity index is 243. The van der Waals surface area contributed by atoms with E-state index in [0.29, 0.717) is 6.42 Å². The van der Waals surface area contributed by atoms with Crippen LogP contribution in [-0.2, 0) is 4.57 Å². The zero-order valence-corrected chi connectivity index (χ0v) is 13.3. The highest BCUT2D eigenvalue weighted by atomic mass is 31.2. The van der Waals surface area contributed by atoms with Gasteiger partial charge in [0.05, 0.1) is 6.16 Å². The molecule has 1 atom stereocenters. The van der Waals surface area contributed by atoms with Crippen molar-refractivity contribution < 1.29 is 14.4 Å². The van der Waals surface area contributed by atoms with Crippen molar-refractivity contribution in [2.45, 2.75) is 83.6 Å². The molecule has 1 unspecified atom stereocenters. The Labute approximate surface area is 118 Å². The third-order valence-electron chi connectivity index (χ3n) is 3.47. The molecule has 0 aromatic carbocycles. The van der Waals surface area contributed by atoms with Crippen LogP contribution in [0.15, 0.2) is 0 Å². The lowest BCUT2D eigenvalue weighted by molar-refractivity contribution is 0.368. The van der Waals surface area contributed by atoms with Crippen molar-refractivity contribution in [3.05, 3.63) is 0 Å². The molecule has 0 aliphatic carbocycles. The van der Waals surface area contributed by atoms with Gasteiger partial charge < -0.3 is 15.5 Å². The minimum Gasteiger partial charge on any atom is -0.328 e. The van der Waals surface area contributed by atoms with E-state index >= 15 is 0 Å². The molecule has 116 valence electrons. The second-order valence-electron chi connectivity index (χ2n) is 5.55. The summed E-state index contributed by atoms with van der Waals surface area (Å²) in [5, 5.41) is 0. The highest BCUT2D eigenvalue weighted by molar-refractivity contribution is 7.51. The van der Waals surface area contributed by atoms with Crippen molar-refractivity contribution in [2.24, 2.45) is 5.73 Å². The topological polar surface area (TPSA) is 83.6 Å². The Hall–Kier alpha value is 0.110. The van der Waals surface area contributed by atoms with Gasteiger partial charge in [-0.05, 0) is 12.8 Å². The van der Waals surface area contributed by atoms with E-state index in [1.165, 1.54) is 51.4 Å². The highest BCUT2D eigenvalue weighted by Gasteiger charge is 2.14. The van der Waals surface area contributed by atoms with Crippen molar-refractivity contribution in [1.82, 2.24) is 0 Å². The van der Waals surface area contributed by atoms with Gasteiger partial charge in [0, 0.05) is 6.04 Å². The van der Waals surface area contributed by atoms with Gasteiger partial charge in [0.1, 0.15) is 0 Å². The minimum absolute atomic E-state index is 0.0582. The third-order valence-corrected chi connectivity index (χ3v) is 4.31. The van der Waals surface area contributed by atoms with E-state index in [9.17, 15) is 4.57 Å². The molecule has 0 spiro atoms. The number of hydrogen-bond donors (Lipinski definition) is 3. The maximum absolute atomic E-state index is 10.7. The number of nitrogens with two attached hydrogens (primary N) is 1. The standard InChI is InChI=1S/C14H32NO3P/c1-2-3-4-5-6-7-8-9-10-11-14(15)12-13-19(16,17)18/h14H,2-13,15H2,1H3,(H2,16,17,18). The number of unbranched alkanes of at least 4 members (excludes halogenated alkanes) is 8. The fourth-order valence-electron chi connectivity index (χ4n) is 2.20. The van der Waals surface area contributed by atoms with Crippen LogP contribution >= 0.6 is 7.60 Å². The molecule has 0 saturated carbocycles. The van der Waals surface area contributed by atoms with Crippen molar-refractivity contribution in [2.75, 3.05) is 6.16 Å². The van der Waals surface area contributed by atoms with Crippen molar-refractivity contribution in [3.63, 3.8) is 0 Å². The van der Waals surface area contributed by atoms with Crippen LogP contribution in [-0.4, -0.2) is 22.0 Å². The van der Waals surface area contributed by atoms with E-state index in [4.69, 9.17) is 15.5 Å². The Morgan fingerprint density at radius 1 is 0.895 bits per heavy atom. The molecule has 0 fully saturated rings. The molecule has 0 aromatic rings. The average molecular weight is 293 g/mol. The van der Waals surface area contributed by atoms with Gasteiger partial charge in [-0.15, -0.1) is 0 Å². The molecule has 19 heavy (non-hydrogen) atoms. The fourth-order valence-corrected chi connectivity index (χ4v) is 2.86. The summed E-state index contributed by atoms with van der Waals surface area (Å²) in [6.45, 7) is 2.23. The molecule has 5 heteroatoms.